The van der Waals surface area contributed by atoms with Gasteiger partial charge in [-0.05, 0) is 31.9 Å². The maximum atomic E-state index is 11.9. The summed E-state index contributed by atoms with van der Waals surface area (Å²) < 4.78 is 5.49. The van der Waals surface area contributed by atoms with E-state index in [2.05, 4.69) is 15.6 Å². The lowest BCUT2D eigenvalue weighted by Gasteiger charge is -2.19. The third-order valence-electron chi connectivity index (χ3n) is 3.55. The van der Waals surface area contributed by atoms with Crippen molar-refractivity contribution in [1.82, 2.24) is 10.3 Å². The fourth-order valence-corrected chi connectivity index (χ4v) is 2.27. The molecule has 1 aromatic heterocycles. The Kier molecular flexibility index (Phi) is 5.32. The number of pyridine rings is 1. The van der Waals surface area contributed by atoms with E-state index in [9.17, 15) is 9.59 Å². The largest absolute Gasteiger partial charge is 0.376 e. The van der Waals surface area contributed by atoms with Crippen LogP contribution >= 0.6 is 0 Å². The second-order valence-corrected chi connectivity index (χ2v) is 5.57. The molecule has 2 amide bonds. The quantitative estimate of drug-likeness (QED) is 0.803. The van der Waals surface area contributed by atoms with E-state index in [0.29, 0.717) is 12.3 Å². The fourth-order valence-electron chi connectivity index (χ4n) is 2.27. The van der Waals surface area contributed by atoms with Crippen molar-refractivity contribution in [1.29, 1.82) is 0 Å². The summed E-state index contributed by atoms with van der Waals surface area (Å²) in [7, 11) is 3.75. The van der Waals surface area contributed by atoms with Gasteiger partial charge >= 0.3 is 11.8 Å². The van der Waals surface area contributed by atoms with Gasteiger partial charge in [0.2, 0.25) is 0 Å². The molecule has 0 aromatic carbocycles. The number of hydrogen-bond acceptors (Lipinski definition) is 5. The summed E-state index contributed by atoms with van der Waals surface area (Å²) >= 11 is 0. The summed E-state index contributed by atoms with van der Waals surface area (Å²) in [6.07, 6.45) is 3.39. The zero-order valence-corrected chi connectivity index (χ0v) is 13.1. The Morgan fingerprint density at radius 1 is 1.36 bits per heavy atom. The van der Waals surface area contributed by atoms with Crippen LogP contribution in [0, 0.1) is 0 Å². The van der Waals surface area contributed by atoms with Crippen molar-refractivity contribution in [3.63, 3.8) is 0 Å². The van der Waals surface area contributed by atoms with Gasteiger partial charge in [-0.1, -0.05) is 0 Å². The highest BCUT2D eigenvalue weighted by Gasteiger charge is 2.25. The predicted molar refractivity (Wildman–Crippen MR) is 83.8 cm³/mol. The maximum Gasteiger partial charge on any atom is 0.313 e. The lowest BCUT2D eigenvalue weighted by molar-refractivity contribution is -0.137. The molecule has 0 aliphatic carbocycles. The van der Waals surface area contributed by atoms with Gasteiger partial charge in [-0.3, -0.25) is 9.59 Å². The Hall–Kier alpha value is -2.15. The van der Waals surface area contributed by atoms with Gasteiger partial charge < -0.3 is 20.3 Å². The van der Waals surface area contributed by atoms with Gasteiger partial charge in [0.1, 0.15) is 5.82 Å². The van der Waals surface area contributed by atoms with Crippen molar-refractivity contribution < 1.29 is 14.3 Å². The van der Waals surface area contributed by atoms with Crippen LogP contribution < -0.4 is 15.5 Å². The lowest BCUT2D eigenvalue weighted by Crippen LogP contribution is -2.45. The summed E-state index contributed by atoms with van der Waals surface area (Å²) in [6, 6.07) is 3.29. The average molecular weight is 306 g/mol. The van der Waals surface area contributed by atoms with Crippen LogP contribution in [0.1, 0.15) is 19.8 Å². The molecule has 0 bridgehead atoms. The first kappa shape index (κ1) is 16.2. The summed E-state index contributed by atoms with van der Waals surface area (Å²) in [5.41, 5.74) is 0.482. The summed E-state index contributed by atoms with van der Waals surface area (Å²) in [4.78, 5) is 29.8. The van der Waals surface area contributed by atoms with Gasteiger partial charge in [-0.25, -0.2) is 4.98 Å². The zero-order chi connectivity index (χ0) is 16.1. The third-order valence-corrected chi connectivity index (χ3v) is 3.55. The highest BCUT2D eigenvalue weighted by atomic mass is 16.5. The minimum atomic E-state index is -0.704. The van der Waals surface area contributed by atoms with Gasteiger partial charge in [0.15, 0.2) is 0 Å². The average Bonchev–Trinajstić information content (AvgIpc) is 3.02. The molecule has 7 nitrogen and oxygen atoms in total. The number of nitrogens with zero attached hydrogens (tertiary/aromatic N) is 2. The molecule has 1 aliphatic heterocycles. The number of carbonyl (C=O) groups excluding carboxylic acids is 2. The fraction of sp³-hybridized carbons (Fsp3) is 0.533. The smallest absolute Gasteiger partial charge is 0.313 e. The number of ether oxygens (including phenoxy) is 1. The number of carbonyl (C=O) groups is 2. The Balaban J connectivity index is 1.86. The molecule has 7 heteroatoms. The van der Waals surface area contributed by atoms with E-state index in [1.165, 1.54) is 6.20 Å². The Morgan fingerprint density at radius 2 is 2.14 bits per heavy atom. The number of hydrogen-bond donors (Lipinski definition) is 2. The van der Waals surface area contributed by atoms with E-state index in [4.69, 9.17) is 4.74 Å². The van der Waals surface area contributed by atoms with Crippen molar-refractivity contribution in [2.45, 2.75) is 31.9 Å². The monoisotopic (exact) mass is 306 g/mol. The molecule has 2 N–H and O–H groups in total. The molecule has 2 rings (SSSR count). The predicted octanol–water partition coefficient (Wildman–Crippen LogP) is 0.770. The van der Waals surface area contributed by atoms with Gasteiger partial charge in [0.25, 0.3) is 0 Å². The van der Waals surface area contributed by atoms with Crippen molar-refractivity contribution in [2.24, 2.45) is 0 Å². The van der Waals surface area contributed by atoms with Gasteiger partial charge in [-0.15, -0.1) is 0 Å². The number of anilines is 2. The standard InChI is InChI=1S/C15H22N4O3/c1-10(12-5-4-8-22-12)17-14(20)15(21)18-11-6-7-13(16-9-11)19(2)3/h6-7,9-10,12H,4-5,8H2,1-3H3,(H,17,20)(H,18,21). The molecule has 2 atom stereocenters. The zero-order valence-electron chi connectivity index (χ0n) is 13.1. The Morgan fingerprint density at radius 3 is 2.68 bits per heavy atom. The van der Waals surface area contributed by atoms with E-state index in [1.807, 2.05) is 25.9 Å². The van der Waals surface area contributed by atoms with Crippen molar-refractivity contribution >= 4 is 23.3 Å². The molecule has 1 saturated heterocycles. The number of amides is 2. The van der Waals surface area contributed by atoms with E-state index in [1.54, 1.807) is 12.1 Å². The normalized spacial score (nSPS) is 18.6. The van der Waals surface area contributed by atoms with Gasteiger partial charge in [0.05, 0.1) is 24.0 Å². The first-order valence-electron chi connectivity index (χ1n) is 7.34. The number of nitrogens with one attached hydrogen (secondary N) is 2. The first-order chi connectivity index (χ1) is 10.5. The maximum absolute atomic E-state index is 11.9. The van der Waals surface area contributed by atoms with Crippen LogP contribution in [0.25, 0.3) is 0 Å². The summed E-state index contributed by atoms with van der Waals surface area (Å²) in [5.74, 6) is -0.599. The molecule has 0 radical (unpaired) electrons. The summed E-state index contributed by atoms with van der Waals surface area (Å²) in [5, 5.41) is 5.20. The molecular formula is C15H22N4O3. The van der Waals surface area contributed by atoms with Crippen LogP contribution in [0.2, 0.25) is 0 Å². The van der Waals surface area contributed by atoms with E-state index < -0.39 is 11.8 Å². The molecule has 1 aliphatic rings. The van der Waals surface area contributed by atoms with E-state index >= 15 is 0 Å². The topological polar surface area (TPSA) is 83.6 Å². The molecule has 1 fully saturated rings. The van der Waals surface area contributed by atoms with Crippen LogP contribution in [0.5, 0.6) is 0 Å². The molecule has 0 spiro atoms. The summed E-state index contributed by atoms with van der Waals surface area (Å²) in [6.45, 7) is 2.55. The Labute approximate surface area is 130 Å². The molecule has 2 heterocycles. The van der Waals surface area contributed by atoms with Crippen LogP contribution in [0.15, 0.2) is 18.3 Å². The van der Waals surface area contributed by atoms with E-state index in [-0.39, 0.29) is 12.1 Å². The first-order valence-corrected chi connectivity index (χ1v) is 7.34. The minimum Gasteiger partial charge on any atom is -0.376 e. The molecule has 1 aromatic rings. The van der Waals surface area contributed by atoms with Gasteiger partial charge in [-0.2, -0.15) is 0 Å². The molecule has 2 unspecified atom stereocenters. The van der Waals surface area contributed by atoms with Crippen molar-refractivity contribution in [3.8, 4) is 0 Å². The van der Waals surface area contributed by atoms with E-state index in [0.717, 1.165) is 18.7 Å². The van der Waals surface area contributed by atoms with Crippen molar-refractivity contribution in [2.75, 3.05) is 30.9 Å². The van der Waals surface area contributed by atoms with Crippen LogP contribution in [0.4, 0.5) is 11.5 Å². The minimum absolute atomic E-state index is 0.0159. The number of rotatable bonds is 4. The SMILES string of the molecule is CC(NC(=O)C(=O)Nc1ccc(N(C)C)nc1)C1CCCO1. The van der Waals surface area contributed by atoms with Crippen LogP contribution in [-0.4, -0.2) is 49.6 Å². The van der Waals surface area contributed by atoms with Crippen LogP contribution in [0.3, 0.4) is 0 Å². The van der Waals surface area contributed by atoms with Gasteiger partial charge in [0, 0.05) is 20.7 Å². The highest BCUT2D eigenvalue weighted by Crippen LogP contribution is 2.15. The highest BCUT2D eigenvalue weighted by molar-refractivity contribution is 6.39. The van der Waals surface area contributed by atoms with Crippen LogP contribution in [-0.2, 0) is 14.3 Å². The molecular weight excluding hydrogens is 284 g/mol. The molecule has 120 valence electrons. The number of aromatic nitrogens is 1. The second kappa shape index (κ2) is 7.22. The van der Waals surface area contributed by atoms with Crippen molar-refractivity contribution in [3.05, 3.63) is 18.3 Å². The lowest BCUT2D eigenvalue weighted by atomic mass is 10.1. The third kappa shape index (κ3) is 4.17. The molecule has 22 heavy (non-hydrogen) atoms. The second-order valence-electron chi connectivity index (χ2n) is 5.57. The Bertz CT molecular complexity index is 524. The molecule has 0 saturated carbocycles.